The summed E-state index contributed by atoms with van der Waals surface area (Å²) >= 11 is 0. The lowest BCUT2D eigenvalue weighted by molar-refractivity contribution is 0.302. The molecule has 2 N–H and O–H groups in total. The SMILES string of the molecule is CCOc1c(F)c(C)cc(B(O)O)c1F. The van der Waals surface area contributed by atoms with Crippen molar-refractivity contribution in [3.8, 4) is 5.75 Å². The summed E-state index contributed by atoms with van der Waals surface area (Å²) in [5, 5.41) is 17.7. The second kappa shape index (κ2) is 4.59. The van der Waals surface area contributed by atoms with Crippen molar-refractivity contribution >= 4 is 12.6 Å². The van der Waals surface area contributed by atoms with E-state index in [4.69, 9.17) is 14.8 Å². The van der Waals surface area contributed by atoms with Crippen molar-refractivity contribution in [3.05, 3.63) is 23.3 Å². The Kier molecular flexibility index (Phi) is 3.65. The van der Waals surface area contributed by atoms with Gasteiger partial charge in [0.25, 0.3) is 0 Å². The van der Waals surface area contributed by atoms with Crippen LogP contribution in [0, 0.1) is 18.6 Å². The third kappa shape index (κ3) is 2.27. The Hall–Kier alpha value is -1.14. The highest BCUT2D eigenvalue weighted by Gasteiger charge is 2.24. The second-order valence-electron chi connectivity index (χ2n) is 3.05. The molecule has 0 aliphatic heterocycles. The van der Waals surface area contributed by atoms with Crippen LogP contribution >= 0.6 is 0 Å². The lowest BCUT2D eigenvalue weighted by Crippen LogP contribution is -2.34. The lowest BCUT2D eigenvalue weighted by Gasteiger charge is -2.11. The molecule has 15 heavy (non-hydrogen) atoms. The first kappa shape index (κ1) is 11.9. The summed E-state index contributed by atoms with van der Waals surface area (Å²) < 4.78 is 31.6. The molecule has 0 fully saturated rings. The minimum Gasteiger partial charge on any atom is -0.488 e. The molecule has 82 valence electrons. The maximum atomic E-state index is 13.5. The summed E-state index contributed by atoms with van der Waals surface area (Å²) in [5.41, 5.74) is -0.291. The molecule has 0 unspecified atom stereocenters. The quantitative estimate of drug-likeness (QED) is 0.716. The first-order valence-electron chi connectivity index (χ1n) is 4.46. The normalized spacial score (nSPS) is 10.3. The number of hydrogen-bond donors (Lipinski definition) is 2. The van der Waals surface area contributed by atoms with Crippen LogP contribution in [0.15, 0.2) is 6.07 Å². The van der Waals surface area contributed by atoms with Gasteiger partial charge in [-0.25, -0.2) is 8.78 Å². The molecule has 0 bridgehead atoms. The van der Waals surface area contributed by atoms with Gasteiger partial charge in [-0.1, -0.05) is 6.07 Å². The van der Waals surface area contributed by atoms with Crippen molar-refractivity contribution < 1.29 is 23.6 Å². The van der Waals surface area contributed by atoms with Gasteiger partial charge < -0.3 is 14.8 Å². The summed E-state index contributed by atoms with van der Waals surface area (Å²) in [6, 6.07) is 1.04. The molecule has 0 saturated heterocycles. The topological polar surface area (TPSA) is 49.7 Å². The fourth-order valence-electron chi connectivity index (χ4n) is 1.23. The number of benzene rings is 1. The number of halogens is 2. The predicted octanol–water partition coefficient (Wildman–Crippen LogP) is 0.352. The van der Waals surface area contributed by atoms with Gasteiger partial charge in [0.2, 0.25) is 0 Å². The van der Waals surface area contributed by atoms with Crippen LogP contribution in [-0.2, 0) is 0 Å². The van der Waals surface area contributed by atoms with E-state index in [1.54, 1.807) is 6.92 Å². The van der Waals surface area contributed by atoms with Crippen molar-refractivity contribution in [1.29, 1.82) is 0 Å². The average molecular weight is 216 g/mol. The third-order valence-corrected chi connectivity index (χ3v) is 1.94. The zero-order valence-electron chi connectivity index (χ0n) is 8.42. The van der Waals surface area contributed by atoms with E-state index < -0.39 is 30.0 Å². The molecular formula is C9H11BF2O3. The molecule has 1 aromatic carbocycles. The molecule has 3 nitrogen and oxygen atoms in total. The minimum atomic E-state index is -1.98. The van der Waals surface area contributed by atoms with Crippen LogP contribution in [0.5, 0.6) is 5.75 Å². The number of rotatable bonds is 3. The highest BCUT2D eigenvalue weighted by atomic mass is 19.1. The third-order valence-electron chi connectivity index (χ3n) is 1.94. The summed E-state index contributed by atoms with van der Waals surface area (Å²) in [6.07, 6.45) is 0. The molecule has 1 aromatic rings. The largest absolute Gasteiger partial charge is 0.491 e. The van der Waals surface area contributed by atoms with Gasteiger partial charge in [-0.15, -0.1) is 0 Å². The summed E-state index contributed by atoms with van der Waals surface area (Å²) in [5.74, 6) is -2.46. The molecule has 0 aliphatic carbocycles. The van der Waals surface area contributed by atoms with E-state index in [0.29, 0.717) is 0 Å². The molecular weight excluding hydrogens is 205 g/mol. The van der Waals surface area contributed by atoms with Gasteiger partial charge in [0.1, 0.15) is 0 Å². The van der Waals surface area contributed by atoms with E-state index in [9.17, 15) is 8.78 Å². The Balaban J connectivity index is 3.35. The minimum absolute atomic E-state index is 0.0955. The van der Waals surface area contributed by atoms with Gasteiger partial charge in [-0.3, -0.25) is 0 Å². The molecule has 0 aromatic heterocycles. The Bertz CT molecular complexity index is 369. The molecule has 0 aliphatic rings. The van der Waals surface area contributed by atoms with E-state index in [1.807, 2.05) is 0 Å². The van der Waals surface area contributed by atoms with Crippen LogP contribution in [0.25, 0.3) is 0 Å². The highest BCUT2D eigenvalue weighted by molar-refractivity contribution is 6.58. The zero-order valence-corrected chi connectivity index (χ0v) is 8.42. The van der Waals surface area contributed by atoms with Crippen LogP contribution in [0.1, 0.15) is 12.5 Å². The Morgan fingerprint density at radius 3 is 2.40 bits per heavy atom. The van der Waals surface area contributed by atoms with E-state index >= 15 is 0 Å². The maximum Gasteiger partial charge on any atom is 0.491 e. The smallest absolute Gasteiger partial charge is 0.488 e. The van der Waals surface area contributed by atoms with Gasteiger partial charge in [0.15, 0.2) is 17.4 Å². The van der Waals surface area contributed by atoms with E-state index in [0.717, 1.165) is 6.07 Å². The molecule has 0 heterocycles. The Morgan fingerprint density at radius 2 is 1.93 bits per heavy atom. The number of ether oxygens (including phenoxy) is 1. The van der Waals surface area contributed by atoms with E-state index in [-0.39, 0.29) is 12.2 Å². The summed E-state index contributed by atoms with van der Waals surface area (Å²) in [6.45, 7) is 3.07. The molecule has 0 amide bonds. The highest BCUT2D eigenvalue weighted by Crippen LogP contribution is 2.23. The van der Waals surface area contributed by atoms with Crippen molar-refractivity contribution in [2.24, 2.45) is 0 Å². The maximum absolute atomic E-state index is 13.5. The van der Waals surface area contributed by atoms with Gasteiger partial charge in [0, 0.05) is 5.46 Å². The van der Waals surface area contributed by atoms with Crippen molar-refractivity contribution in [2.75, 3.05) is 6.61 Å². The van der Waals surface area contributed by atoms with Crippen molar-refractivity contribution in [3.63, 3.8) is 0 Å². The second-order valence-corrected chi connectivity index (χ2v) is 3.05. The Morgan fingerprint density at radius 1 is 1.33 bits per heavy atom. The van der Waals surface area contributed by atoms with Crippen LogP contribution in [0.4, 0.5) is 8.78 Å². The molecule has 0 atom stereocenters. The molecule has 6 heteroatoms. The van der Waals surface area contributed by atoms with Crippen LogP contribution in [0.2, 0.25) is 0 Å². The first-order chi connectivity index (χ1) is 6.99. The van der Waals surface area contributed by atoms with Crippen LogP contribution < -0.4 is 10.2 Å². The fourth-order valence-corrected chi connectivity index (χ4v) is 1.23. The Labute approximate surface area is 86.5 Å². The van der Waals surface area contributed by atoms with Crippen molar-refractivity contribution in [1.82, 2.24) is 0 Å². The van der Waals surface area contributed by atoms with Crippen LogP contribution in [0.3, 0.4) is 0 Å². The average Bonchev–Trinajstić information content (AvgIpc) is 2.18. The summed E-state index contributed by atoms with van der Waals surface area (Å²) in [7, 11) is -1.98. The predicted molar refractivity (Wildman–Crippen MR) is 52.1 cm³/mol. The number of aryl methyl sites for hydroxylation is 1. The number of hydrogen-bond acceptors (Lipinski definition) is 3. The molecule has 1 rings (SSSR count). The van der Waals surface area contributed by atoms with Gasteiger partial charge in [-0.2, -0.15) is 0 Å². The van der Waals surface area contributed by atoms with Gasteiger partial charge in [0.05, 0.1) is 6.61 Å². The van der Waals surface area contributed by atoms with Crippen LogP contribution in [-0.4, -0.2) is 23.8 Å². The molecule has 0 spiro atoms. The van der Waals surface area contributed by atoms with Gasteiger partial charge >= 0.3 is 7.12 Å². The first-order valence-corrected chi connectivity index (χ1v) is 4.46. The summed E-state index contributed by atoms with van der Waals surface area (Å²) in [4.78, 5) is 0. The molecule has 0 saturated carbocycles. The fraction of sp³-hybridized carbons (Fsp3) is 0.333. The lowest BCUT2D eigenvalue weighted by atomic mass is 9.79. The monoisotopic (exact) mass is 216 g/mol. The zero-order chi connectivity index (χ0) is 11.6. The van der Waals surface area contributed by atoms with Gasteiger partial charge in [-0.05, 0) is 19.4 Å². The standard InChI is InChI=1S/C9H11BF2O3/c1-3-15-9-7(11)5(2)4-6(8(9)12)10(13)14/h4,13-14H,3H2,1-2H3. The van der Waals surface area contributed by atoms with Crippen molar-refractivity contribution in [2.45, 2.75) is 13.8 Å². The van der Waals surface area contributed by atoms with E-state index in [1.165, 1.54) is 6.92 Å². The van der Waals surface area contributed by atoms with E-state index in [2.05, 4.69) is 0 Å². The molecule has 0 radical (unpaired) electrons.